The molecular weight excluding hydrogens is 487 g/mol. The number of rotatable bonds is 3. The molecule has 6 aromatic rings. The summed E-state index contributed by atoms with van der Waals surface area (Å²) in [6, 6.07) is 52.8. The Morgan fingerprint density at radius 1 is 0.300 bits per heavy atom. The van der Waals surface area contributed by atoms with Gasteiger partial charge >= 0.3 is 0 Å². The van der Waals surface area contributed by atoms with Crippen molar-refractivity contribution in [1.29, 1.82) is 0 Å². The first-order valence-corrected chi connectivity index (χ1v) is 13.5. The number of hydrogen-bond donors (Lipinski definition) is 0. The van der Waals surface area contributed by atoms with E-state index in [1.54, 1.807) is 12.1 Å². The minimum atomic E-state index is -0.193. The average Bonchev–Trinajstić information content (AvgIpc) is 3.00. The molecule has 0 heterocycles. The van der Waals surface area contributed by atoms with Gasteiger partial charge in [0.1, 0.15) is 5.82 Å². The number of hydrogen-bond acceptors (Lipinski definition) is 0. The maximum absolute atomic E-state index is 12.7. The van der Waals surface area contributed by atoms with Gasteiger partial charge in [0.25, 0.3) is 0 Å². The number of halogens is 1. The highest BCUT2D eigenvalue weighted by molar-refractivity contribution is 5.65. The zero-order valence-electron chi connectivity index (χ0n) is 23.4. The maximum Gasteiger partial charge on any atom is 0.123 e. The molecule has 0 saturated heterocycles. The molecule has 40 heavy (non-hydrogen) atoms. The van der Waals surface area contributed by atoms with Crippen molar-refractivity contribution < 1.29 is 4.39 Å². The van der Waals surface area contributed by atoms with Crippen molar-refractivity contribution in [3.8, 4) is 33.4 Å². The first-order chi connectivity index (χ1) is 19.5. The highest BCUT2D eigenvalue weighted by atomic mass is 19.1. The van der Waals surface area contributed by atoms with Gasteiger partial charge in [-0.05, 0) is 66.3 Å². The third-order valence-corrected chi connectivity index (χ3v) is 6.48. The predicted octanol–water partition coefficient (Wildman–Crippen LogP) is 11.1. The SMILES string of the molecule is Cc1ccc(-c2ccccc2)cc1.Cc1cccc(-c2ccc(F)cc2)c1.Cc1cccc(-c2ccccc2)c1. The molecule has 6 rings (SSSR count). The first kappa shape index (κ1) is 28.3. The molecule has 0 aromatic heterocycles. The normalized spacial score (nSPS) is 10.0. The van der Waals surface area contributed by atoms with E-state index in [9.17, 15) is 4.39 Å². The van der Waals surface area contributed by atoms with Crippen LogP contribution >= 0.6 is 0 Å². The van der Waals surface area contributed by atoms with Gasteiger partial charge in [0.2, 0.25) is 0 Å². The molecule has 0 bridgehead atoms. The second-order valence-electron chi connectivity index (χ2n) is 9.84. The van der Waals surface area contributed by atoms with Crippen molar-refractivity contribution >= 4 is 0 Å². The van der Waals surface area contributed by atoms with Crippen molar-refractivity contribution in [2.24, 2.45) is 0 Å². The zero-order valence-corrected chi connectivity index (χ0v) is 23.4. The van der Waals surface area contributed by atoms with Crippen molar-refractivity contribution in [2.45, 2.75) is 20.8 Å². The first-order valence-electron chi connectivity index (χ1n) is 13.5. The minimum Gasteiger partial charge on any atom is -0.207 e. The van der Waals surface area contributed by atoms with Gasteiger partial charge in [0.15, 0.2) is 0 Å². The van der Waals surface area contributed by atoms with Gasteiger partial charge in [0, 0.05) is 0 Å². The fourth-order valence-electron chi connectivity index (χ4n) is 4.30. The Hall–Kier alpha value is -4.75. The number of benzene rings is 6. The quantitative estimate of drug-likeness (QED) is 0.217. The third kappa shape index (κ3) is 8.64. The summed E-state index contributed by atoms with van der Waals surface area (Å²) in [6.45, 7) is 6.27. The van der Waals surface area contributed by atoms with Gasteiger partial charge in [0.05, 0.1) is 0 Å². The highest BCUT2D eigenvalue weighted by Gasteiger charge is 1.98. The van der Waals surface area contributed by atoms with E-state index in [0.29, 0.717) is 0 Å². The molecular formula is C39H35F. The smallest absolute Gasteiger partial charge is 0.123 e. The van der Waals surface area contributed by atoms with E-state index in [4.69, 9.17) is 0 Å². The van der Waals surface area contributed by atoms with E-state index in [0.717, 1.165) is 11.1 Å². The highest BCUT2D eigenvalue weighted by Crippen LogP contribution is 2.21. The molecule has 0 aliphatic carbocycles. The van der Waals surface area contributed by atoms with E-state index < -0.39 is 0 Å². The summed E-state index contributed by atoms with van der Waals surface area (Å²) < 4.78 is 12.7. The minimum absolute atomic E-state index is 0.193. The molecule has 0 amide bonds. The molecule has 0 spiro atoms. The van der Waals surface area contributed by atoms with E-state index in [1.807, 2.05) is 37.3 Å². The van der Waals surface area contributed by atoms with Crippen LogP contribution in [0.15, 0.2) is 158 Å². The summed E-state index contributed by atoms with van der Waals surface area (Å²) in [5.74, 6) is -0.193. The van der Waals surface area contributed by atoms with Gasteiger partial charge in [-0.25, -0.2) is 4.39 Å². The lowest BCUT2D eigenvalue weighted by atomic mass is 10.0. The van der Waals surface area contributed by atoms with Crippen LogP contribution in [0.4, 0.5) is 4.39 Å². The van der Waals surface area contributed by atoms with Crippen LogP contribution in [-0.4, -0.2) is 0 Å². The van der Waals surface area contributed by atoms with Gasteiger partial charge in [-0.1, -0.05) is 162 Å². The van der Waals surface area contributed by atoms with Gasteiger partial charge in [-0.2, -0.15) is 0 Å². The largest absolute Gasteiger partial charge is 0.207 e. The van der Waals surface area contributed by atoms with Crippen LogP contribution in [0.25, 0.3) is 33.4 Å². The predicted molar refractivity (Wildman–Crippen MR) is 170 cm³/mol. The van der Waals surface area contributed by atoms with Crippen molar-refractivity contribution in [3.05, 3.63) is 180 Å². The maximum atomic E-state index is 12.7. The molecule has 1 heteroatoms. The molecule has 0 aliphatic rings. The Kier molecular flexibility index (Phi) is 10.2. The van der Waals surface area contributed by atoms with Crippen molar-refractivity contribution in [1.82, 2.24) is 0 Å². The van der Waals surface area contributed by atoms with Crippen LogP contribution in [0.2, 0.25) is 0 Å². The number of aryl methyl sites for hydroxylation is 3. The summed E-state index contributed by atoms with van der Waals surface area (Å²) in [5.41, 5.74) is 11.1. The Morgan fingerprint density at radius 3 is 1.10 bits per heavy atom. The van der Waals surface area contributed by atoms with Crippen molar-refractivity contribution in [2.75, 3.05) is 0 Å². The lowest BCUT2D eigenvalue weighted by molar-refractivity contribution is 0.628. The van der Waals surface area contributed by atoms with Crippen LogP contribution in [0.1, 0.15) is 16.7 Å². The van der Waals surface area contributed by atoms with Gasteiger partial charge in [-0.3, -0.25) is 0 Å². The molecule has 0 unspecified atom stereocenters. The third-order valence-electron chi connectivity index (χ3n) is 6.48. The second kappa shape index (κ2) is 14.4. The fraction of sp³-hybridized carbons (Fsp3) is 0.0769. The van der Waals surface area contributed by atoms with E-state index in [2.05, 4.69) is 117 Å². The summed E-state index contributed by atoms with van der Waals surface area (Å²) in [5, 5.41) is 0. The lowest BCUT2D eigenvalue weighted by Gasteiger charge is -2.02. The Bertz CT molecular complexity index is 1580. The van der Waals surface area contributed by atoms with E-state index in [1.165, 1.54) is 51.1 Å². The molecule has 0 atom stereocenters. The van der Waals surface area contributed by atoms with Gasteiger partial charge < -0.3 is 0 Å². The van der Waals surface area contributed by atoms with Crippen molar-refractivity contribution in [3.63, 3.8) is 0 Å². The monoisotopic (exact) mass is 522 g/mol. The summed E-state index contributed by atoms with van der Waals surface area (Å²) in [6.07, 6.45) is 0. The van der Waals surface area contributed by atoms with E-state index in [-0.39, 0.29) is 5.82 Å². The topological polar surface area (TPSA) is 0 Å². The summed E-state index contributed by atoms with van der Waals surface area (Å²) in [4.78, 5) is 0. The molecule has 6 aromatic carbocycles. The van der Waals surface area contributed by atoms with E-state index >= 15 is 0 Å². The zero-order chi connectivity index (χ0) is 28.2. The fourth-order valence-corrected chi connectivity index (χ4v) is 4.30. The Morgan fingerprint density at radius 2 is 0.650 bits per heavy atom. The van der Waals surface area contributed by atoms with Crippen LogP contribution in [0.5, 0.6) is 0 Å². The van der Waals surface area contributed by atoms with Crippen LogP contribution in [-0.2, 0) is 0 Å². The lowest BCUT2D eigenvalue weighted by Crippen LogP contribution is -1.79. The van der Waals surface area contributed by atoms with Crippen LogP contribution in [0, 0.1) is 26.6 Å². The standard InChI is InChI=1S/C13H11F.2C13H12/c1-10-3-2-4-12(9-10)11-5-7-13(14)8-6-11;1-11-6-5-9-13(10-11)12-7-3-2-4-8-12;1-11-7-9-13(10-8-11)12-5-3-2-4-6-12/h2-9H,1H3;2*2-10H,1H3. The molecule has 0 aliphatic heterocycles. The van der Waals surface area contributed by atoms with Gasteiger partial charge in [-0.15, -0.1) is 0 Å². The molecule has 198 valence electrons. The molecule has 0 N–H and O–H groups in total. The second-order valence-corrected chi connectivity index (χ2v) is 9.84. The Labute approximate surface area is 238 Å². The summed E-state index contributed by atoms with van der Waals surface area (Å²) in [7, 11) is 0. The average molecular weight is 523 g/mol. The Balaban J connectivity index is 0.000000139. The molecule has 0 nitrogen and oxygen atoms in total. The molecule has 0 fully saturated rings. The van der Waals surface area contributed by atoms with Crippen LogP contribution in [0.3, 0.4) is 0 Å². The molecule has 0 saturated carbocycles. The van der Waals surface area contributed by atoms with Crippen LogP contribution < -0.4 is 0 Å². The molecule has 0 radical (unpaired) electrons. The summed E-state index contributed by atoms with van der Waals surface area (Å²) >= 11 is 0.